The number of H-pyrrole nitrogens is 3. The van der Waals surface area contributed by atoms with Crippen molar-refractivity contribution in [1.29, 1.82) is 0 Å². The van der Waals surface area contributed by atoms with E-state index in [0.717, 1.165) is 47.3 Å². The standard InChI is InChI=1S/C18H24BBr3N6/c1-7(2)13-10(20)16(26-23-13)19(17-11(21)14(8(3)4)24-27-17)18-12(22)15(9(5)6)25-28-18/h7-9H,1-6H3,(H,23,26)(H,24,27)(H,25,28). The Morgan fingerprint density at radius 1 is 0.571 bits per heavy atom. The molecule has 0 amide bonds. The van der Waals surface area contributed by atoms with Crippen LogP contribution in [0.1, 0.15) is 76.4 Å². The first-order chi connectivity index (χ1) is 13.1. The molecule has 0 radical (unpaired) electrons. The summed E-state index contributed by atoms with van der Waals surface area (Å²) in [4.78, 5) is 0. The van der Waals surface area contributed by atoms with Crippen LogP contribution >= 0.6 is 47.8 Å². The van der Waals surface area contributed by atoms with Gasteiger partial charge in [-0.2, -0.15) is 15.3 Å². The van der Waals surface area contributed by atoms with Gasteiger partial charge in [0.2, 0.25) is 0 Å². The Morgan fingerprint density at radius 2 is 0.821 bits per heavy atom. The van der Waals surface area contributed by atoms with E-state index in [1.54, 1.807) is 0 Å². The van der Waals surface area contributed by atoms with Crippen LogP contribution in [0, 0.1) is 0 Å². The van der Waals surface area contributed by atoms with Crippen LogP contribution in [0.15, 0.2) is 13.4 Å². The number of nitrogens with zero attached hydrogens (tertiary/aromatic N) is 3. The number of aromatic nitrogens is 6. The molecular formula is C18H24BBr3N6. The second kappa shape index (κ2) is 8.48. The highest BCUT2D eigenvalue weighted by Crippen LogP contribution is 2.25. The summed E-state index contributed by atoms with van der Waals surface area (Å²) in [7, 11) is 0. The highest BCUT2D eigenvalue weighted by molar-refractivity contribution is 9.11. The SMILES string of the molecule is CC(C)c1n[nH]c(B(c2[nH]nc(C(C)C)c2Br)c2[nH]nc(C(C)C)c2Br)c1Br. The quantitative estimate of drug-likeness (QED) is 0.389. The van der Waals surface area contributed by atoms with Crippen molar-refractivity contribution < 1.29 is 0 Å². The van der Waals surface area contributed by atoms with Gasteiger partial charge >= 0.3 is 6.71 Å². The molecule has 10 heteroatoms. The molecule has 6 nitrogen and oxygen atoms in total. The molecule has 0 atom stereocenters. The van der Waals surface area contributed by atoms with Gasteiger partial charge < -0.3 is 0 Å². The summed E-state index contributed by atoms with van der Waals surface area (Å²) in [5, 5.41) is 23.4. The third kappa shape index (κ3) is 3.79. The van der Waals surface area contributed by atoms with E-state index in [1.807, 2.05) is 0 Å². The number of rotatable bonds is 6. The van der Waals surface area contributed by atoms with E-state index in [1.165, 1.54) is 0 Å². The lowest BCUT2D eigenvalue weighted by molar-refractivity contribution is 0.807. The predicted octanol–water partition coefficient (Wildman–Crippen LogP) is 4.03. The van der Waals surface area contributed by atoms with Gasteiger partial charge in [0.25, 0.3) is 0 Å². The van der Waals surface area contributed by atoms with E-state index in [2.05, 4.69) is 120 Å². The van der Waals surface area contributed by atoms with E-state index in [9.17, 15) is 0 Å². The molecule has 3 rings (SSSR count). The average molecular weight is 575 g/mol. The largest absolute Gasteiger partial charge is 0.312 e. The van der Waals surface area contributed by atoms with Crippen LogP contribution in [-0.4, -0.2) is 37.3 Å². The summed E-state index contributed by atoms with van der Waals surface area (Å²) in [6.07, 6.45) is 0. The van der Waals surface area contributed by atoms with Crippen molar-refractivity contribution in [2.45, 2.75) is 59.3 Å². The molecule has 0 aromatic carbocycles. The smallest absolute Gasteiger partial charge is 0.289 e. The first-order valence-electron chi connectivity index (χ1n) is 9.35. The first kappa shape index (κ1) is 21.8. The van der Waals surface area contributed by atoms with Gasteiger partial charge in [0.1, 0.15) is 0 Å². The second-order valence-electron chi connectivity index (χ2n) is 7.91. The van der Waals surface area contributed by atoms with E-state index < -0.39 is 0 Å². The minimum Gasteiger partial charge on any atom is -0.289 e. The Kier molecular flexibility index (Phi) is 6.61. The van der Waals surface area contributed by atoms with E-state index >= 15 is 0 Å². The third-order valence-electron chi connectivity index (χ3n) is 4.78. The maximum Gasteiger partial charge on any atom is 0.312 e. The molecular weight excluding hydrogens is 551 g/mol. The van der Waals surface area contributed by atoms with Crippen LogP contribution in [0.5, 0.6) is 0 Å². The Morgan fingerprint density at radius 3 is 1.00 bits per heavy atom. The van der Waals surface area contributed by atoms with Gasteiger partial charge in [-0.15, -0.1) is 0 Å². The van der Waals surface area contributed by atoms with E-state index in [0.29, 0.717) is 17.8 Å². The average Bonchev–Trinajstić information content (AvgIpc) is 3.28. The fourth-order valence-electron chi connectivity index (χ4n) is 3.22. The van der Waals surface area contributed by atoms with Gasteiger partial charge in [-0.25, -0.2) is 0 Å². The topological polar surface area (TPSA) is 86.0 Å². The Labute approximate surface area is 190 Å². The fourth-order valence-corrected chi connectivity index (χ4v) is 5.82. The van der Waals surface area contributed by atoms with Crippen LogP contribution in [0.2, 0.25) is 0 Å². The Hall–Kier alpha value is -0.865. The van der Waals surface area contributed by atoms with Crippen LogP contribution < -0.4 is 16.8 Å². The number of halogens is 3. The fraction of sp³-hybridized carbons (Fsp3) is 0.500. The van der Waals surface area contributed by atoms with E-state index in [-0.39, 0.29) is 6.71 Å². The zero-order valence-corrected chi connectivity index (χ0v) is 21.5. The predicted molar refractivity (Wildman–Crippen MR) is 126 cm³/mol. The van der Waals surface area contributed by atoms with Crippen LogP contribution in [-0.2, 0) is 0 Å². The van der Waals surface area contributed by atoms with Crippen LogP contribution in [0.25, 0.3) is 0 Å². The van der Waals surface area contributed by atoms with Crippen LogP contribution in [0.4, 0.5) is 0 Å². The molecule has 0 bridgehead atoms. The molecule has 3 aromatic rings. The molecule has 0 fully saturated rings. The molecule has 3 N–H and O–H groups in total. The van der Waals surface area contributed by atoms with Gasteiger partial charge in [-0.3, -0.25) is 15.3 Å². The molecule has 0 aliphatic carbocycles. The summed E-state index contributed by atoms with van der Waals surface area (Å²) in [5.74, 6) is 0.897. The molecule has 0 aliphatic rings. The summed E-state index contributed by atoms with van der Waals surface area (Å²) in [6.45, 7) is 12.6. The lowest BCUT2D eigenvalue weighted by Crippen LogP contribution is -2.55. The summed E-state index contributed by atoms with van der Waals surface area (Å²) >= 11 is 11.3. The molecule has 0 aliphatic heterocycles. The first-order valence-corrected chi connectivity index (χ1v) is 11.7. The van der Waals surface area contributed by atoms with Crippen LogP contribution in [0.3, 0.4) is 0 Å². The zero-order chi connectivity index (χ0) is 20.7. The summed E-state index contributed by atoms with van der Waals surface area (Å²) < 4.78 is 2.94. The normalized spacial score (nSPS) is 12.0. The van der Waals surface area contributed by atoms with Gasteiger partial charge in [-0.1, -0.05) is 41.5 Å². The third-order valence-corrected chi connectivity index (χ3v) is 7.28. The monoisotopic (exact) mass is 572 g/mol. The number of hydrogen-bond donors (Lipinski definition) is 3. The van der Waals surface area contributed by atoms with E-state index in [4.69, 9.17) is 0 Å². The number of hydrogen-bond acceptors (Lipinski definition) is 3. The Balaban J connectivity index is 2.24. The van der Waals surface area contributed by atoms with Crippen molar-refractivity contribution in [2.24, 2.45) is 0 Å². The van der Waals surface area contributed by atoms with Crippen molar-refractivity contribution >= 4 is 71.3 Å². The second-order valence-corrected chi connectivity index (χ2v) is 10.3. The van der Waals surface area contributed by atoms with Crippen molar-refractivity contribution in [3.8, 4) is 0 Å². The molecule has 150 valence electrons. The summed E-state index contributed by atoms with van der Waals surface area (Å²) in [6, 6.07) is 0. The molecule has 3 heterocycles. The van der Waals surface area contributed by atoms with Gasteiger partial charge in [-0.05, 0) is 65.5 Å². The molecule has 0 unspecified atom stereocenters. The van der Waals surface area contributed by atoms with Gasteiger partial charge in [0.15, 0.2) is 0 Å². The van der Waals surface area contributed by atoms with Crippen molar-refractivity contribution in [1.82, 2.24) is 30.6 Å². The minimum atomic E-state index is -0.168. The highest BCUT2D eigenvalue weighted by Gasteiger charge is 2.36. The maximum absolute atomic E-state index is 4.56. The lowest BCUT2D eigenvalue weighted by atomic mass is 9.42. The van der Waals surface area contributed by atoms with Crippen molar-refractivity contribution in [3.05, 3.63) is 30.5 Å². The molecule has 0 saturated carbocycles. The Bertz CT molecular complexity index is 848. The zero-order valence-electron chi connectivity index (χ0n) is 16.8. The van der Waals surface area contributed by atoms with Gasteiger partial charge in [0, 0.05) is 16.8 Å². The lowest BCUT2D eigenvalue weighted by Gasteiger charge is -2.12. The van der Waals surface area contributed by atoms with Crippen molar-refractivity contribution in [3.63, 3.8) is 0 Å². The van der Waals surface area contributed by atoms with Gasteiger partial charge in [0.05, 0.1) is 30.5 Å². The minimum absolute atomic E-state index is 0.168. The number of aromatic amines is 3. The molecule has 28 heavy (non-hydrogen) atoms. The molecule has 0 saturated heterocycles. The molecule has 3 aromatic heterocycles. The maximum atomic E-state index is 4.56. The highest BCUT2D eigenvalue weighted by atomic mass is 79.9. The summed E-state index contributed by atoms with van der Waals surface area (Å²) in [5.41, 5.74) is 5.88. The van der Waals surface area contributed by atoms with Crippen molar-refractivity contribution in [2.75, 3.05) is 0 Å². The molecule has 0 spiro atoms. The number of nitrogens with one attached hydrogen (secondary N) is 3.